The minimum atomic E-state index is -1.12. The van der Waals surface area contributed by atoms with Crippen molar-refractivity contribution in [3.05, 3.63) is 122 Å². The maximum absolute atomic E-state index is 12.2. The first-order valence-electron chi connectivity index (χ1n) is 12.6. The number of carboxylic acid groups (broad SMARTS) is 1. The Morgan fingerprint density at radius 3 is 2.56 bits per heavy atom. The van der Waals surface area contributed by atoms with E-state index in [-0.39, 0.29) is 45.7 Å². The zero-order valence-corrected chi connectivity index (χ0v) is 22.3. The molecule has 2 heterocycles. The van der Waals surface area contributed by atoms with Gasteiger partial charge in [0.05, 0.1) is 39.2 Å². The number of rotatable bonds is 6. The van der Waals surface area contributed by atoms with E-state index in [4.69, 9.17) is 16.3 Å². The van der Waals surface area contributed by atoms with Crippen LogP contribution in [0.5, 0.6) is 23.0 Å². The maximum Gasteiger partial charge on any atom is 0.335 e. The molecule has 9 nitrogen and oxygen atoms in total. The zero-order valence-electron chi connectivity index (χ0n) is 21.6. The number of pyridine rings is 1. The number of anilines is 1. The van der Waals surface area contributed by atoms with E-state index in [9.17, 15) is 25.0 Å². The van der Waals surface area contributed by atoms with E-state index in [0.29, 0.717) is 27.9 Å². The summed E-state index contributed by atoms with van der Waals surface area (Å²) in [6, 6.07) is 21.7. The highest BCUT2D eigenvalue weighted by Crippen LogP contribution is 2.53. The van der Waals surface area contributed by atoms with Gasteiger partial charge in [0.25, 0.3) is 0 Å². The lowest BCUT2D eigenvalue weighted by molar-refractivity contribution is 0.0695. The molecule has 0 saturated carbocycles. The van der Waals surface area contributed by atoms with Crippen LogP contribution in [0.1, 0.15) is 44.2 Å². The first-order valence-corrected chi connectivity index (χ1v) is 13.0. The fourth-order valence-corrected chi connectivity index (χ4v) is 5.48. The number of phenols is 2. The monoisotopic (exact) mass is 567 g/mol. The van der Waals surface area contributed by atoms with Gasteiger partial charge in [-0.25, -0.2) is 9.80 Å². The molecule has 0 bridgehead atoms. The molecule has 6 rings (SSSR count). The predicted octanol–water partition coefficient (Wildman–Crippen LogP) is 7.28. The number of ether oxygens (including phenoxy) is 1. The van der Waals surface area contributed by atoms with Crippen molar-refractivity contribution >= 4 is 34.2 Å². The molecular weight excluding hydrogens is 546 g/mol. The third-order valence-electron chi connectivity index (χ3n) is 7.20. The number of hydrogen-bond acceptors (Lipinski definition) is 7. The summed E-state index contributed by atoms with van der Waals surface area (Å²) in [7, 11) is 0. The molecule has 0 amide bonds. The number of para-hydroxylation sites is 1. The molecule has 41 heavy (non-hydrogen) atoms. The SMILES string of the molecule is Cc1ccc2cccc(N(Cc3c(O)ccc4c3Oc3cc(O)c(Cl)cc3C4c3ccccc3C(=O)O)N=O)c2n1. The smallest absolute Gasteiger partial charge is 0.335 e. The third-order valence-corrected chi connectivity index (χ3v) is 7.51. The Kier molecular flexibility index (Phi) is 6.43. The predicted molar refractivity (Wildman–Crippen MR) is 154 cm³/mol. The van der Waals surface area contributed by atoms with Gasteiger partial charge in [-0.3, -0.25) is 4.98 Å². The van der Waals surface area contributed by atoms with E-state index in [1.807, 2.05) is 25.1 Å². The number of benzene rings is 4. The maximum atomic E-state index is 12.2. The number of aromatic nitrogens is 1. The van der Waals surface area contributed by atoms with Gasteiger partial charge in [0, 0.05) is 34.2 Å². The van der Waals surface area contributed by atoms with Gasteiger partial charge < -0.3 is 20.1 Å². The first kappa shape index (κ1) is 26.1. The average Bonchev–Trinajstić information content (AvgIpc) is 2.96. The zero-order chi connectivity index (χ0) is 28.8. The van der Waals surface area contributed by atoms with Crippen LogP contribution in [0.4, 0.5) is 5.69 Å². The van der Waals surface area contributed by atoms with Crippen LogP contribution in [0.25, 0.3) is 10.9 Å². The van der Waals surface area contributed by atoms with Gasteiger partial charge in [-0.1, -0.05) is 54.1 Å². The minimum Gasteiger partial charge on any atom is -0.507 e. The Labute approximate surface area is 238 Å². The first-order chi connectivity index (χ1) is 19.8. The summed E-state index contributed by atoms with van der Waals surface area (Å²) in [6.07, 6.45) is 0. The molecule has 0 radical (unpaired) electrons. The van der Waals surface area contributed by atoms with E-state index in [1.165, 1.54) is 29.3 Å². The second-order valence-corrected chi connectivity index (χ2v) is 10.1. The van der Waals surface area contributed by atoms with Crippen molar-refractivity contribution in [3.63, 3.8) is 0 Å². The van der Waals surface area contributed by atoms with Crippen molar-refractivity contribution in [2.24, 2.45) is 5.29 Å². The molecule has 204 valence electrons. The quantitative estimate of drug-likeness (QED) is 0.141. The molecule has 1 aliphatic heterocycles. The number of fused-ring (bicyclic) bond motifs is 3. The molecule has 1 atom stereocenters. The number of aromatic hydroxyl groups is 2. The van der Waals surface area contributed by atoms with Crippen LogP contribution in [0.3, 0.4) is 0 Å². The Hall–Kier alpha value is -5.15. The van der Waals surface area contributed by atoms with Crippen LogP contribution in [0.15, 0.2) is 84.1 Å². The number of hydrogen-bond donors (Lipinski definition) is 3. The van der Waals surface area contributed by atoms with Crippen molar-refractivity contribution in [1.29, 1.82) is 0 Å². The van der Waals surface area contributed by atoms with Crippen LogP contribution in [0, 0.1) is 11.8 Å². The van der Waals surface area contributed by atoms with E-state index < -0.39 is 11.9 Å². The largest absolute Gasteiger partial charge is 0.507 e. The van der Waals surface area contributed by atoms with Gasteiger partial charge >= 0.3 is 5.97 Å². The number of nitroso groups, excluding NO2 is 1. The van der Waals surface area contributed by atoms with Gasteiger partial charge in [-0.05, 0) is 42.8 Å². The fraction of sp³-hybridized carbons (Fsp3) is 0.0968. The lowest BCUT2D eigenvalue weighted by Crippen LogP contribution is -2.19. The molecular formula is C31H22ClN3O6. The minimum absolute atomic E-state index is 0.0719. The van der Waals surface area contributed by atoms with Crippen LogP contribution in [0.2, 0.25) is 5.02 Å². The van der Waals surface area contributed by atoms with Gasteiger partial charge in [0.2, 0.25) is 0 Å². The standard InChI is InChI=1S/C31H22ClN3O6/c1-16-9-10-17-5-4-8-24(29(17)33-16)35(34-40)15-22-25(36)12-11-20-28(18-6-2-3-7-19(18)31(38)39)21-13-23(32)26(37)14-27(21)41-30(20)22/h2-14,28,36-37H,15H2,1H3,(H,38,39). The van der Waals surface area contributed by atoms with Crippen molar-refractivity contribution in [2.75, 3.05) is 5.01 Å². The lowest BCUT2D eigenvalue weighted by atomic mass is 9.79. The van der Waals surface area contributed by atoms with Gasteiger partial charge in [-0.15, -0.1) is 4.91 Å². The van der Waals surface area contributed by atoms with E-state index in [0.717, 1.165) is 11.1 Å². The van der Waals surface area contributed by atoms with Crippen molar-refractivity contribution in [2.45, 2.75) is 19.4 Å². The topological polar surface area (TPSA) is 133 Å². The van der Waals surface area contributed by atoms with E-state index in [2.05, 4.69) is 10.3 Å². The number of aryl methyl sites for hydroxylation is 1. The number of carboxylic acids is 1. The summed E-state index contributed by atoms with van der Waals surface area (Å²) in [4.78, 5) is 29.0. The second kappa shape index (κ2) is 10.1. The number of halogens is 1. The molecule has 10 heteroatoms. The number of carbonyl (C=O) groups is 1. The van der Waals surface area contributed by atoms with Gasteiger partial charge in [0.15, 0.2) is 0 Å². The van der Waals surface area contributed by atoms with Crippen molar-refractivity contribution in [3.8, 4) is 23.0 Å². The summed E-state index contributed by atoms with van der Waals surface area (Å²) < 4.78 is 6.25. The summed E-state index contributed by atoms with van der Waals surface area (Å²) in [5.74, 6) is -1.75. The fourth-order valence-electron chi connectivity index (χ4n) is 5.31. The molecule has 1 aliphatic rings. The van der Waals surface area contributed by atoms with E-state index >= 15 is 0 Å². The molecule has 4 aromatic carbocycles. The van der Waals surface area contributed by atoms with Crippen LogP contribution >= 0.6 is 11.6 Å². The lowest BCUT2D eigenvalue weighted by Gasteiger charge is -2.32. The highest BCUT2D eigenvalue weighted by Gasteiger charge is 2.35. The molecule has 5 aromatic rings. The molecule has 3 N–H and O–H groups in total. The van der Waals surface area contributed by atoms with Crippen LogP contribution < -0.4 is 9.75 Å². The molecule has 1 aromatic heterocycles. The Morgan fingerprint density at radius 2 is 1.78 bits per heavy atom. The summed E-state index contributed by atoms with van der Waals surface area (Å²) in [5, 5.41) is 36.7. The van der Waals surface area contributed by atoms with Crippen LogP contribution in [-0.2, 0) is 6.54 Å². The highest BCUT2D eigenvalue weighted by molar-refractivity contribution is 6.32. The van der Waals surface area contributed by atoms with Crippen LogP contribution in [-0.4, -0.2) is 26.3 Å². The van der Waals surface area contributed by atoms with Gasteiger partial charge in [-0.2, -0.15) is 0 Å². The Balaban J connectivity index is 1.55. The summed E-state index contributed by atoms with van der Waals surface area (Å²) in [5.41, 5.74) is 3.61. The van der Waals surface area contributed by atoms with Crippen molar-refractivity contribution < 1.29 is 24.9 Å². The van der Waals surface area contributed by atoms with Crippen molar-refractivity contribution in [1.82, 2.24) is 4.98 Å². The molecule has 0 aliphatic carbocycles. The molecule has 0 fully saturated rings. The van der Waals surface area contributed by atoms with E-state index in [1.54, 1.807) is 36.4 Å². The number of phenolic OH excluding ortho intramolecular Hbond substituents is 2. The summed E-state index contributed by atoms with van der Waals surface area (Å²) >= 11 is 6.28. The number of aromatic carboxylic acids is 1. The molecule has 1 unspecified atom stereocenters. The highest BCUT2D eigenvalue weighted by atomic mass is 35.5. The normalized spacial score (nSPS) is 13.7. The number of nitrogens with zero attached hydrogens (tertiary/aromatic N) is 3. The molecule has 0 saturated heterocycles. The average molecular weight is 568 g/mol. The Morgan fingerprint density at radius 1 is 0.976 bits per heavy atom. The summed E-state index contributed by atoms with van der Waals surface area (Å²) in [6.45, 7) is 1.66. The molecule has 0 spiro atoms. The second-order valence-electron chi connectivity index (χ2n) is 9.69. The Bertz CT molecular complexity index is 1880. The van der Waals surface area contributed by atoms with Gasteiger partial charge in [0.1, 0.15) is 23.0 Å². The third kappa shape index (κ3) is 4.46.